The topological polar surface area (TPSA) is 9.23 Å². The minimum absolute atomic E-state index is 0.0731. The Hall–Kier alpha value is -2.53. The highest BCUT2D eigenvalue weighted by Crippen LogP contribution is 2.36. The highest BCUT2D eigenvalue weighted by atomic mass is 35.5. The molecule has 200 valence electrons. The molecule has 0 saturated carbocycles. The van der Waals surface area contributed by atoms with Gasteiger partial charge in [-0.2, -0.15) is 0 Å². The Labute approximate surface area is 222 Å². The molecule has 0 saturated heterocycles. The number of hydrogen-bond donors (Lipinski definition) is 0. The molecule has 1 nitrogen and oxygen atoms in total. The molecular formula is C31H35ClF4O. The van der Waals surface area contributed by atoms with Crippen LogP contribution in [0.15, 0.2) is 0 Å². The predicted molar refractivity (Wildman–Crippen MR) is 143 cm³/mol. The maximum atomic E-state index is 15.1. The van der Waals surface area contributed by atoms with Gasteiger partial charge in [0.1, 0.15) is 5.82 Å². The summed E-state index contributed by atoms with van der Waals surface area (Å²) in [5, 5.41) is 0.520. The Bertz CT molecular complexity index is 1330. The van der Waals surface area contributed by atoms with Crippen molar-refractivity contribution >= 4 is 11.6 Å². The van der Waals surface area contributed by atoms with Crippen molar-refractivity contribution in [2.45, 2.75) is 81.1 Å². The average molecular weight is 535 g/mol. The summed E-state index contributed by atoms with van der Waals surface area (Å²) >= 11 is 6.79. The van der Waals surface area contributed by atoms with Gasteiger partial charge in [0.05, 0.1) is 7.11 Å². The van der Waals surface area contributed by atoms with E-state index in [0.29, 0.717) is 23.4 Å². The fraction of sp³-hybridized carbons (Fsp3) is 0.419. The summed E-state index contributed by atoms with van der Waals surface area (Å²) in [5.74, 6) is -3.64. The van der Waals surface area contributed by atoms with Gasteiger partial charge >= 0.3 is 0 Å². The van der Waals surface area contributed by atoms with Crippen LogP contribution in [-0.2, 0) is 25.7 Å². The molecule has 0 aliphatic heterocycles. The second-order valence-electron chi connectivity index (χ2n) is 10.0. The molecule has 6 heteroatoms. The normalized spacial score (nSPS) is 11.4. The number of rotatable bonds is 7. The number of benzene rings is 3. The van der Waals surface area contributed by atoms with E-state index in [2.05, 4.69) is 0 Å². The van der Waals surface area contributed by atoms with Gasteiger partial charge in [-0.05, 0) is 137 Å². The first-order chi connectivity index (χ1) is 17.3. The molecule has 0 aromatic heterocycles. The highest BCUT2D eigenvalue weighted by Gasteiger charge is 2.25. The lowest BCUT2D eigenvalue weighted by atomic mass is 9.86. The second kappa shape index (κ2) is 11.1. The van der Waals surface area contributed by atoms with E-state index in [1.807, 2.05) is 48.5 Å². The van der Waals surface area contributed by atoms with Crippen LogP contribution in [0.1, 0.15) is 66.8 Å². The van der Waals surface area contributed by atoms with Gasteiger partial charge in [0, 0.05) is 16.1 Å². The van der Waals surface area contributed by atoms with Crippen LogP contribution in [0.25, 0.3) is 0 Å². The zero-order valence-electron chi connectivity index (χ0n) is 23.1. The van der Waals surface area contributed by atoms with Crippen molar-refractivity contribution in [2.75, 3.05) is 7.11 Å². The van der Waals surface area contributed by atoms with Crippen molar-refractivity contribution in [3.63, 3.8) is 0 Å². The maximum absolute atomic E-state index is 15.1. The Kier molecular flexibility index (Phi) is 8.68. The first kappa shape index (κ1) is 29.0. The van der Waals surface area contributed by atoms with Crippen LogP contribution in [0.4, 0.5) is 17.6 Å². The minimum atomic E-state index is -1.20. The third-order valence-electron chi connectivity index (χ3n) is 8.29. The first-order valence-electron chi connectivity index (χ1n) is 12.5. The van der Waals surface area contributed by atoms with Gasteiger partial charge < -0.3 is 4.74 Å². The summed E-state index contributed by atoms with van der Waals surface area (Å²) in [6.07, 6.45) is 1.31. The van der Waals surface area contributed by atoms with Crippen LogP contribution in [-0.4, -0.2) is 7.11 Å². The zero-order chi connectivity index (χ0) is 27.9. The zero-order valence-corrected chi connectivity index (χ0v) is 23.9. The Morgan fingerprint density at radius 2 is 0.919 bits per heavy atom. The summed E-state index contributed by atoms with van der Waals surface area (Å²) in [7, 11) is 1.23. The fourth-order valence-corrected chi connectivity index (χ4v) is 5.68. The minimum Gasteiger partial charge on any atom is -0.493 e. The largest absolute Gasteiger partial charge is 0.493 e. The summed E-state index contributed by atoms with van der Waals surface area (Å²) in [4.78, 5) is 0. The lowest BCUT2D eigenvalue weighted by molar-refractivity contribution is 0.366. The first-order valence-corrected chi connectivity index (χ1v) is 12.8. The molecule has 0 N–H and O–H groups in total. The van der Waals surface area contributed by atoms with Gasteiger partial charge in [-0.15, -0.1) is 0 Å². The Morgan fingerprint density at radius 1 is 0.459 bits per heavy atom. The van der Waals surface area contributed by atoms with Crippen LogP contribution in [0, 0.1) is 78.7 Å². The third-order valence-corrected chi connectivity index (χ3v) is 8.81. The van der Waals surface area contributed by atoms with E-state index < -0.39 is 17.5 Å². The smallest absolute Gasteiger partial charge is 0.171 e. The number of hydrogen-bond acceptors (Lipinski definition) is 1. The molecule has 0 spiro atoms. The molecule has 0 fully saturated rings. The number of methoxy groups -OCH3 is 1. The van der Waals surface area contributed by atoms with Crippen molar-refractivity contribution in [1.82, 2.24) is 0 Å². The van der Waals surface area contributed by atoms with Gasteiger partial charge in [-0.1, -0.05) is 11.6 Å². The molecule has 3 aromatic carbocycles. The van der Waals surface area contributed by atoms with Crippen molar-refractivity contribution in [2.24, 2.45) is 0 Å². The van der Waals surface area contributed by atoms with Gasteiger partial charge in [0.25, 0.3) is 0 Å². The van der Waals surface area contributed by atoms with Crippen LogP contribution in [0.2, 0.25) is 5.02 Å². The summed E-state index contributed by atoms with van der Waals surface area (Å²) in [6, 6.07) is 0. The lowest BCUT2D eigenvalue weighted by Crippen LogP contribution is -2.10. The molecule has 0 aliphatic carbocycles. The molecule has 0 heterocycles. The van der Waals surface area contributed by atoms with E-state index in [1.54, 1.807) is 0 Å². The van der Waals surface area contributed by atoms with Crippen molar-refractivity contribution in [3.05, 3.63) is 95.1 Å². The van der Waals surface area contributed by atoms with Gasteiger partial charge in [-0.25, -0.2) is 17.6 Å². The summed E-state index contributed by atoms with van der Waals surface area (Å²) in [5.41, 5.74) is 8.52. The third kappa shape index (κ3) is 4.99. The quantitative estimate of drug-likeness (QED) is 0.217. The van der Waals surface area contributed by atoms with E-state index >= 15 is 4.39 Å². The van der Waals surface area contributed by atoms with E-state index in [0.717, 1.165) is 50.1 Å². The van der Waals surface area contributed by atoms with E-state index in [1.165, 1.54) is 14.0 Å². The monoisotopic (exact) mass is 534 g/mol. The fourth-order valence-electron chi connectivity index (χ4n) is 5.33. The van der Waals surface area contributed by atoms with Crippen molar-refractivity contribution in [3.8, 4) is 5.75 Å². The van der Waals surface area contributed by atoms with Crippen LogP contribution in [0.3, 0.4) is 0 Å². The molecule has 3 rings (SSSR count). The Balaban J connectivity index is 1.96. The standard InChI is InChI=1S/C31H35ClF4O/c1-14-15(2)19(6)27(33)24(16(14)3)12-10-22-17(4)18(5)23(26(32)20(22)7)11-13-25-29(35)28(34)21(8)31(37-9)30(25)36/h10-13H2,1-9H3. The van der Waals surface area contributed by atoms with Crippen molar-refractivity contribution < 1.29 is 22.3 Å². The molecule has 37 heavy (non-hydrogen) atoms. The SMILES string of the molecule is COc1c(C)c(F)c(F)c(CCc2c(C)c(C)c(CCc3c(C)c(C)c(C)c(C)c3F)c(C)c2Cl)c1F. The van der Waals surface area contributed by atoms with Gasteiger partial charge in [-0.3, -0.25) is 0 Å². The molecule has 3 aromatic rings. The van der Waals surface area contributed by atoms with E-state index in [4.69, 9.17) is 16.3 Å². The van der Waals surface area contributed by atoms with Crippen LogP contribution in [0.5, 0.6) is 5.75 Å². The summed E-state index contributed by atoms with van der Waals surface area (Å²) < 4.78 is 64.0. The van der Waals surface area contributed by atoms with Crippen LogP contribution < -0.4 is 4.74 Å². The number of halogens is 5. The number of ether oxygens (including phenoxy) is 1. The second-order valence-corrected chi connectivity index (χ2v) is 10.4. The Morgan fingerprint density at radius 3 is 1.51 bits per heavy atom. The van der Waals surface area contributed by atoms with Gasteiger partial charge in [0.2, 0.25) is 0 Å². The molecular weight excluding hydrogens is 500 g/mol. The van der Waals surface area contributed by atoms with Crippen molar-refractivity contribution in [1.29, 1.82) is 0 Å². The lowest BCUT2D eigenvalue weighted by Gasteiger charge is -2.21. The highest BCUT2D eigenvalue weighted by molar-refractivity contribution is 6.32. The average Bonchev–Trinajstić information content (AvgIpc) is 2.87. The summed E-state index contributed by atoms with van der Waals surface area (Å²) in [6.45, 7) is 14.8. The molecule has 0 amide bonds. The predicted octanol–water partition coefficient (Wildman–Crippen LogP) is 8.94. The van der Waals surface area contributed by atoms with Gasteiger partial charge in [0.15, 0.2) is 23.2 Å². The molecule has 0 radical (unpaired) electrons. The molecule has 0 bridgehead atoms. The molecule has 0 unspecified atom stereocenters. The van der Waals surface area contributed by atoms with Crippen LogP contribution >= 0.6 is 11.6 Å². The van der Waals surface area contributed by atoms with E-state index in [-0.39, 0.29) is 35.5 Å². The van der Waals surface area contributed by atoms with E-state index in [9.17, 15) is 13.2 Å². The molecule has 0 aliphatic rings. The maximum Gasteiger partial charge on any atom is 0.171 e. The molecule has 0 atom stereocenters.